The summed E-state index contributed by atoms with van der Waals surface area (Å²) in [5.74, 6) is 0. The Labute approximate surface area is 51.1 Å². The highest BCUT2D eigenvalue weighted by atomic mass is 32.2. The molecule has 0 aromatic heterocycles. The van der Waals surface area contributed by atoms with E-state index < -0.39 is 21.8 Å². The summed E-state index contributed by atoms with van der Waals surface area (Å²) < 4.78 is 27.4. The van der Waals surface area contributed by atoms with Crippen LogP contribution in [-0.2, 0) is 10.1 Å². The second-order valence-electron chi connectivity index (χ2n) is 1.32. The van der Waals surface area contributed by atoms with E-state index in [0.29, 0.717) is 0 Å². The smallest absolute Gasteiger partial charge is 0.297 e. The summed E-state index contributed by atoms with van der Waals surface area (Å²) in [6.45, 7) is 0. The Morgan fingerprint density at radius 1 is 1.11 bits per heavy atom. The van der Waals surface area contributed by atoms with Gasteiger partial charge in [0.2, 0.25) is 5.44 Å². The quantitative estimate of drug-likeness (QED) is 0.261. The zero-order valence-electron chi connectivity index (χ0n) is 4.17. The molecule has 4 N–H and O–H groups in total. The van der Waals surface area contributed by atoms with Crippen LogP contribution in [0.5, 0.6) is 0 Å². The fraction of sp³-hybridized carbons (Fsp3) is 1.00. The van der Waals surface area contributed by atoms with Crippen molar-refractivity contribution in [2.24, 2.45) is 0 Å². The van der Waals surface area contributed by atoms with Gasteiger partial charge in [-0.05, 0) is 0 Å². The van der Waals surface area contributed by atoms with Crippen LogP contribution in [0.4, 0.5) is 0 Å². The Kier molecular flexibility index (Phi) is 2.52. The molecule has 56 valence electrons. The van der Waals surface area contributed by atoms with Crippen molar-refractivity contribution in [2.75, 3.05) is 0 Å². The molecule has 0 aliphatic heterocycles. The van der Waals surface area contributed by atoms with Crippen molar-refractivity contribution >= 4 is 10.1 Å². The second kappa shape index (κ2) is 2.58. The maximum Gasteiger partial charge on any atom is 0.297 e. The number of hydrogen-bond acceptors (Lipinski definition) is 5. The minimum Gasteiger partial charge on any atom is -0.371 e. The maximum atomic E-state index is 9.76. The zero-order chi connectivity index (χ0) is 7.65. The molecule has 0 aliphatic rings. The van der Waals surface area contributed by atoms with E-state index in [2.05, 4.69) is 0 Å². The standard InChI is InChI=1S/C2H6O6S/c3-1(4)2(5)9(6,7)8/h1-5H,(H,6,7,8). The normalized spacial score (nSPS) is 16.1. The predicted molar refractivity (Wildman–Crippen MR) is 25.8 cm³/mol. The van der Waals surface area contributed by atoms with Gasteiger partial charge in [-0.25, -0.2) is 0 Å². The van der Waals surface area contributed by atoms with Crippen LogP contribution in [0.1, 0.15) is 0 Å². The molecular formula is C2H6O6S. The van der Waals surface area contributed by atoms with Crippen molar-refractivity contribution in [3.05, 3.63) is 0 Å². The first-order chi connectivity index (χ1) is 3.85. The molecule has 0 aliphatic carbocycles. The molecule has 7 heteroatoms. The SMILES string of the molecule is O=S(=O)(O)C(O)C(O)O. The van der Waals surface area contributed by atoms with Crippen LogP contribution in [0.3, 0.4) is 0 Å². The molecule has 0 saturated heterocycles. The summed E-state index contributed by atoms with van der Waals surface area (Å²) in [5.41, 5.74) is -2.54. The number of aliphatic hydroxyl groups excluding tert-OH is 2. The van der Waals surface area contributed by atoms with Gasteiger partial charge in [0, 0.05) is 0 Å². The van der Waals surface area contributed by atoms with Gasteiger partial charge in [-0.15, -0.1) is 0 Å². The fourth-order valence-electron chi connectivity index (χ4n) is 0.154. The molecular weight excluding hydrogens is 152 g/mol. The summed E-state index contributed by atoms with van der Waals surface area (Å²) in [6.07, 6.45) is -2.47. The minimum absolute atomic E-state index is 2.47. The molecule has 9 heavy (non-hydrogen) atoms. The van der Waals surface area contributed by atoms with Crippen molar-refractivity contribution < 1.29 is 28.3 Å². The molecule has 0 aromatic carbocycles. The van der Waals surface area contributed by atoms with E-state index in [9.17, 15) is 8.42 Å². The van der Waals surface area contributed by atoms with Crippen LogP contribution in [0.15, 0.2) is 0 Å². The lowest BCUT2D eigenvalue weighted by molar-refractivity contribution is -0.0934. The largest absolute Gasteiger partial charge is 0.371 e. The third-order valence-corrected chi connectivity index (χ3v) is 1.41. The molecule has 0 aromatic rings. The van der Waals surface area contributed by atoms with Gasteiger partial charge in [0.15, 0.2) is 6.29 Å². The topological polar surface area (TPSA) is 115 Å². The first kappa shape index (κ1) is 8.79. The van der Waals surface area contributed by atoms with E-state index >= 15 is 0 Å². The zero-order valence-corrected chi connectivity index (χ0v) is 4.98. The van der Waals surface area contributed by atoms with Gasteiger partial charge in [0.05, 0.1) is 0 Å². The molecule has 0 spiro atoms. The average Bonchev–Trinajstić information content (AvgIpc) is 1.62. The summed E-state index contributed by atoms with van der Waals surface area (Å²) in [6, 6.07) is 0. The van der Waals surface area contributed by atoms with E-state index in [1.165, 1.54) is 0 Å². The molecule has 1 atom stereocenters. The Morgan fingerprint density at radius 2 is 1.44 bits per heavy atom. The van der Waals surface area contributed by atoms with Crippen molar-refractivity contribution in [3.63, 3.8) is 0 Å². The predicted octanol–water partition coefficient (Wildman–Crippen LogP) is -2.50. The van der Waals surface area contributed by atoms with E-state index in [1.807, 2.05) is 0 Å². The fourth-order valence-corrected chi connectivity index (χ4v) is 0.461. The van der Waals surface area contributed by atoms with Crippen molar-refractivity contribution in [2.45, 2.75) is 11.7 Å². The molecule has 0 fully saturated rings. The van der Waals surface area contributed by atoms with E-state index in [0.717, 1.165) is 0 Å². The number of rotatable bonds is 2. The Bertz CT molecular complexity index is 167. The third kappa shape index (κ3) is 2.72. The Morgan fingerprint density at radius 3 is 1.44 bits per heavy atom. The molecule has 0 heterocycles. The molecule has 0 rings (SSSR count). The van der Waals surface area contributed by atoms with Gasteiger partial charge in [-0.1, -0.05) is 0 Å². The first-order valence-corrected chi connectivity index (χ1v) is 3.36. The molecule has 0 saturated carbocycles. The lowest BCUT2D eigenvalue weighted by Crippen LogP contribution is -2.32. The van der Waals surface area contributed by atoms with E-state index in [1.54, 1.807) is 0 Å². The maximum absolute atomic E-state index is 9.76. The van der Waals surface area contributed by atoms with Crippen LogP contribution < -0.4 is 0 Å². The highest BCUT2D eigenvalue weighted by molar-refractivity contribution is 7.86. The van der Waals surface area contributed by atoms with Gasteiger partial charge >= 0.3 is 0 Å². The van der Waals surface area contributed by atoms with Crippen molar-refractivity contribution in [3.8, 4) is 0 Å². The average molecular weight is 158 g/mol. The van der Waals surface area contributed by atoms with E-state index in [4.69, 9.17) is 19.9 Å². The monoisotopic (exact) mass is 158 g/mol. The van der Waals surface area contributed by atoms with Gasteiger partial charge in [-0.3, -0.25) is 4.55 Å². The molecule has 6 nitrogen and oxygen atoms in total. The molecule has 0 amide bonds. The summed E-state index contributed by atoms with van der Waals surface area (Å²) >= 11 is 0. The van der Waals surface area contributed by atoms with Crippen molar-refractivity contribution in [1.82, 2.24) is 0 Å². The van der Waals surface area contributed by atoms with Crippen LogP contribution in [0.2, 0.25) is 0 Å². The Hall–Kier alpha value is -0.210. The van der Waals surface area contributed by atoms with Crippen LogP contribution >= 0.6 is 0 Å². The van der Waals surface area contributed by atoms with Crippen molar-refractivity contribution in [1.29, 1.82) is 0 Å². The summed E-state index contributed by atoms with van der Waals surface area (Å²) in [7, 11) is -4.75. The molecule has 1 unspecified atom stereocenters. The molecule has 0 radical (unpaired) electrons. The lowest BCUT2D eigenvalue weighted by atomic mass is 10.7. The lowest BCUT2D eigenvalue weighted by Gasteiger charge is -2.07. The highest BCUT2D eigenvalue weighted by Crippen LogP contribution is 1.96. The number of hydrogen-bond donors (Lipinski definition) is 4. The minimum atomic E-state index is -4.75. The first-order valence-electron chi connectivity index (χ1n) is 1.86. The highest BCUT2D eigenvalue weighted by Gasteiger charge is 2.26. The van der Waals surface area contributed by atoms with Gasteiger partial charge < -0.3 is 15.3 Å². The summed E-state index contributed by atoms with van der Waals surface area (Å²) in [5, 5.41) is 24.0. The van der Waals surface area contributed by atoms with Gasteiger partial charge in [0.25, 0.3) is 10.1 Å². The second-order valence-corrected chi connectivity index (χ2v) is 2.83. The third-order valence-electron chi connectivity index (χ3n) is 0.560. The van der Waals surface area contributed by atoms with Gasteiger partial charge in [-0.2, -0.15) is 8.42 Å². The Balaban J connectivity index is 4.24. The van der Waals surface area contributed by atoms with E-state index in [-0.39, 0.29) is 0 Å². The van der Waals surface area contributed by atoms with Crippen LogP contribution in [-0.4, -0.2) is 40.0 Å². The molecule has 0 bridgehead atoms. The van der Waals surface area contributed by atoms with Crippen LogP contribution in [0.25, 0.3) is 0 Å². The van der Waals surface area contributed by atoms with Gasteiger partial charge in [0.1, 0.15) is 0 Å². The number of aliphatic hydroxyl groups is 3. The summed E-state index contributed by atoms with van der Waals surface area (Å²) in [4.78, 5) is 0. The van der Waals surface area contributed by atoms with Crippen LogP contribution in [0, 0.1) is 0 Å².